The van der Waals surface area contributed by atoms with Crippen molar-refractivity contribution in [2.75, 3.05) is 18.4 Å². The van der Waals surface area contributed by atoms with Gasteiger partial charge in [0, 0.05) is 34.7 Å². The van der Waals surface area contributed by atoms with Crippen molar-refractivity contribution in [1.82, 2.24) is 14.9 Å². The molecule has 6 heteroatoms. The average molecular weight is 421 g/mol. The number of rotatable bonds is 5. The van der Waals surface area contributed by atoms with Crippen LogP contribution in [0, 0.1) is 0 Å². The Balaban J connectivity index is 1.48. The predicted molar refractivity (Wildman–Crippen MR) is 126 cm³/mol. The molecule has 1 atom stereocenters. The first kappa shape index (κ1) is 18.7. The van der Waals surface area contributed by atoms with E-state index in [-0.39, 0.29) is 0 Å². The minimum Gasteiger partial charge on any atom is -0.355 e. The van der Waals surface area contributed by atoms with Gasteiger partial charge >= 0.3 is 0 Å². The first-order valence-corrected chi connectivity index (χ1v) is 11.9. The number of hydrogen-bond acceptors (Lipinski definition) is 6. The quantitative estimate of drug-likeness (QED) is 0.398. The van der Waals surface area contributed by atoms with Gasteiger partial charge in [-0.15, -0.1) is 22.7 Å². The molecule has 3 aromatic heterocycles. The zero-order chi connectivity index (χ0) is 19.8. The molecule has 1 aromatic carbocycles. The third-order valence-corrected chi connectivity index (χ3v) is 7.52. The molecule has 4 aromatic rings. The minimum absolute atomic E-state index is 0.459. The van der Waals surface area contributed by atoms with Crippen molar-refractivity contribution in [1.29, 1.82) is 0 Å². The van der Waals surface area contributed by atoms with Gasteiger partial charge in [-0.2, -0.15) is 0 Å². The van der Waals surface area contributed by atoms with Crippen molar-refractivity contribution < 1.29 is 0 Å². The largest absolute Gasteiger partial charge is 0.355 e. The maximum absolute atomic E-state index is 4.65. The van der Waals surface area contributed by atoms with Gasteiger partial charge in [0.1, 0.15) is 4.83 Å². The third kappa shape index (κ3) is 3.56. The molecule has 1 N–H and O–H groups in total. The summed E-state index contributed by atoms with van der Waals surface area (Å²) in [6, 6.07) is 11.2. The van der Waals surface area contributed by atoms with Crippen LogP contribution in [0.3, 0.4) is 0 Å². The van der Waals surface area contributed by atoms with Crippen LogP contribution in [0.4, 0.5) is 11.4 Å². The van der Waals surface area contributed by atoms with Crippen LogP contribution in [-0.4, -0.2) is 34.0 Å². The molecule has 0 saturated heterocycles. The molecule has 5 rings (SSSR count). The monoisotopic (exact) mass is 420 g/mol. The summed E-state index contributed by atoms with van der Waals surface area (Å²) in [4.78, 5) is 14.1. The van der Waals surface area contributed by atoms with Gasteiger partial charge in [-0.3, -0.25) is 4.90 Å². The number of anilines is 2. The van der Waals surface area contributed by atoms with Gasteiger partial charge in [0.15, 0.2) is 0 Å². The lowest BCUT2D eigenvalue weighted by atomic mass is 9.99. The summed E-state index contributed by atoms with van der Waals surface area (Å²) in [7, 11) is 0. The number of pyridine rings is 1. The van der Waals surface area contributed by atoms with Gasteiger partial charge in [-0.25, -0.2) is 9.97 Å². The predicted octanol–water partition coefficient (Wildman–Crippen LogP) is 6.54. The van der Waals surface area contributed by atoms with E-state index in [2.05, 4.69) is 70.4 Å². The van der Waals surface area contributed by atoms with Crippen molar-refractivity contribution in [3.8, 4) is 0 Å². The highest BCUT2D eigenvalue weighted by Crippen LogP contribution is 2.38. The first-order chi connectivity index (χ1) is 14.2. The van der Waals surface area contributed by atoms with E-state index in [0.29, 0.717) is 6.04 Å². The fraction of sp³-hybridized carbons (Fsp3) is 0.304. The standard InChI is InChI=1S/C23H24N4S2/c1-3-10-27-11-4-5-17(15(27)2)22-13-18-19(8-9-24-23(18)29-22)26-16-6-7-21-20(12-16)25-14-28-21/h5-9,12-15H,3-4,10-11H2,1-2H3,(H,24,26). The van der Waals surface area contributed by atoms with Crippen LogP contribution in [0.5, 0.6) is 0 Å². The molecule has 0 bridgehead atoms. The highest BCUT2D eigenvalue weighted by molar-refractivity contribution is 7.19. The van der Waals surface area contributed by atoms with Gasteiger partial charge in [0.05, 0.1) is 21.4 Å². The van der Waals surface area contributed by atoms with Crippen LogP contribution in [0.1, 0.15) is 31.6 Å². The van der Waals surface area contributed by atoms with Crippen molar-refractivity contribution in [3.63, 3.8) is 0 Å². The molecule has 0 aliphatic carbocycles. The number of fused-ring (bicyclic) bond motifs is 2. The second kappa shape index (κ2) is 7.86. The zero-order valence-corrected chi connectivity index (χ0v) is 18.3. The molecule has 1 aliphatic heterocycles. The topological polar surface area (TPSA) is 41.0 Å². The van der Waals surface area contributed by atoms with Crippen LogP contribution in [0.25, 0.3) is 26.0 Å². The molecule has 148 valence electrons. The van der Waals surface area contributed by atoms with Gasteiger partial charge in [0.25, 0.3) is 0 Å². The lowest BCUT2D eigenvalue weighted by Crippen LogP contribution is -2.37. The Bertz CT molecular complexity index is 1190. The van der Waals surface area contributed by atoms with E-state index in [9.17, 15) is 0 Å². The summed E-state index contributed by atoms with van der Waals surface area (Å²) in [5.41, 5.74) is 6.53. The van der Waals surface area contributed by atoms with Gasteiger partial charge in [-0.1, -0.05) is 13.0 Å². The summed E-state index contributed by atoms with van der Waals surface area (Å²) in [5.74, 6) is 0. The molecular formula is C23H24N4S2. The molecule has 4 heterocycles. The molecule has 4 nitrogen and oxygen atoms in total. The van der Waals surface area contributed by atoms with E-state index in [0.717, 1.165) is 41.2 Å². The van der Waals surface area contributed by atoms with E-state index in [1.54, 1.807) is 22.7 Å². The van der Waals surface area contributed by atoms with Crippen molar-refractivity contribution >= 4 is 60.1 Å². The fourth-order valence-electron chi connectivity index (χ4n) is 4.13. The van der Waals surface area contributed by atoms with E-state index in [1.807, 2.05) is 11.7 Å². The number of nitrogens with one attached hydrogen (secondary N) is 1. The van der Waals surface area contributed by atoms with E-state index < -0.39 is 0 Å². The number of thiazole rings is 1. The molecule has 0 fully saturated rings. The van der Waals surface area contributed by atoms with Gasteiger partial charge < -0.3 is 5.32 Å². The van der Waals surface area contributed by atoms with Crippen LogP contribution in [-0.2, 0) is 0 Å². The summed E-state index contributed by atoms with van der Waals surface area (Å²) < 4.78 is 1.21. The van der Waals surface area contributed by atoms with Crippen molar-refractivity contribution in [2.45, 2.75) is 32.7 Å². The smallest absolute Gasteiger partial charge is 0.125 e. The number of nitrogens with zero attached hydrogens (tertiary/aromatic N) is 3. The molecule has 0 radical (unpaired) electrons. The maximum atomic E-state index is 4.65. The van der Waals surface area contributed by atoms with Crippen LogP contribution < -0.4 is 5.32 Å². The van der Waals surface area contributed by atoms with Crippen molar-refractivity contribution in [3.05, 3.63) is 53.0 Å². The van der Waals surface area contributed by atoms with Crippen LogP contribution in [0.15, 0.2) is 48.1 Å². The number of aromatic nitrogens is 2. The number of hydrogen-bond donors (Lipinski definition) is 1. The number of thiophene rings is 1. The lowest BCUT2D eigenvalue weighted by molar-refractivity contribution is 0.244. The fourth-order valence-corrected chi connectivity index (χ4v) is 5.94. The van der Waals surface area contributed by atoms with Crippen LogP contribution >= 0.6 is 22.7 Å². The molecule has 0 amide bonds. The third-order valence-electron chi connectivity index (χ3n) is 5.62. The minimum atomic E-state index is 0.459. The lowest BCUT2D eigenvalue weighted by Gasteiger charge is -2.33. The van der Waals surface area contributed by atoms with Crippen LogP contribution in [0.2, 0.25) is 0 Å². The highest BCUT2D eigenvalue weighted by atomic mass is 32.1. The summed E-state index contributed by atoms with van der Waals surface area (Å²) in [5, 5.41) is 4.77. The second-order valence-corrected chi connectivity index (χ2v) is 9.42. The van der Waals surface area contributed by atoms with E-state index in [4.69, 9.17) is 0 Å². The zero-order valence-electron chi connectivity index (χ0n) is 16.7. The summed E-state index contributed by atoms with van der Waals surface area (Å²) in [6.45, 7) is 6.91. The summed E-state index contributed by atoms with van der Waals surface area (Å²) in [6.07, 6.45) is 6.64. The van der Waals surface area contributed by atoms with Gasteiger partial charge in [-0.05, 0) is 62.2 Å². The Morgan fingerprint density at radius 3 is 3.03 bits per heavy atom. The Kier molecular flexibility index (Phi) is 5.08. The molecular weight excluding hydrogens is 396 g/mol. The Labute approximate surface area is 178 Å². The van der Waals surface area contributed by atoms with Crippen molar-refractivity contribution in [2.24, 2.45) is 0 Å². The van der Waals surface area contributed by atoms with E-state index >= 15 is 0 Å². The SMILES string of the molecule is CCCN1CCC=C(c2cc3c(Nc4ccc5scnc5c4)ccnc3s2)C1C. The maximum Gasteiger partial charge on any atom is 0.125 e. The summed E-state index contributed by atoms with van der Waals surface area (Å²) >= 11 is 3.47. The molecule has 1 aliphatic rings. The molecule has 0 spiro atoms. The Morgan fingerprint density at radius 2 is 2.14 bits per heavy atom. The Hall–Kier alpha value is -2.28. The molecule has 29 heavy (non-hydrogen) atoms. The second-order valence-electron chi connectivity index (χ2n) is 7.51. The van der Waals surface area contributed by atoms with Gasteiger partial charge in [0.2, 0.25) is 0 Å². The highest BCUT2D eigenvalue weighted by Gasteiger charge is 2.23. The molecule has 0 saturated carbocycles. The normalized spacial score (nSPS) is 17.7. The van der Waals surface area contributed by atoms with E-state index in [1.165, 1.54) is 27.0 Å². The molecule has 1 unspecified atom stereocenters. The Morgan fingerprint density at radius 1 is 1.21 bits per heavy atom. The first-order valence-electron chi connectivity index (χ1n) is 10.2. The number of benzene rings is 1. The average Bonchev–Trinajstić information content (AvgIpc) is 3.36.